The molecule has 2 fully saturated rings. The summed E-state index contributed by atoms with van der Waals surface area (Å²) in [7, 11) is 2.30. The van der Waals surface area contributed by atoms with Crippen molar-refractivity contribution in [3.05, 3.63) is 0 Å². The van der Waals surface area contributed by atoms with E-state index in [4.69, 9.17) is 0 Å². The second kappa shape index (κ2) is 7.94. The van der Waals surface area contributed by atoms with Crippen molar-refractivity contribution >= 4 is 0 Å². The van der Waals surface area contributed by atoms with Crippen LogP contribution in [-0.2, 0) is 0 Å². The molecule has 0 saturated carbocycles. The van der Waals surface area contributed by atoms with Gasteiger partial charge in [-0.3, -0.25) is 0 Å². The average molecular weight is 296 g/mol. The molecule has 0 amide bonds. The van der Waals surface area contributed by atoms with Gasteiger partial charge < -0.3 is 14.7 Å². The van der Waals surface area contributed by atoms with Crippen LogP contribution in [-0.4, -0.2) is 72.6 Å². The molecule has 0 aliphatic carbocycles. The molecule has 2 saturated heterocycles. The number of piperidine rings is 2. The van der Waals surface area contributed by atoms with Crippen molar-refractivity contribution in [1.29, 1.82) is 0 Å². The Morgan fingerprint density at radius 1 is 0.905 bits per heavy atom. The molecule has 2 aliphatic rings. The highest BCUT2D eigenvalue weighted by atomic mass is 15.2. The zero-order chi connectivity index (χ0) is 15.4. The predicted octanol–water partition coefficient (Wildman–Crippen LogP) is 2.91. The molecule has 124 valence electrons. The molecule has 0 aromatic rings. The Balaban J connectivity index is 1.68. The van der Waals surface area contributed by atoms with E-state index in [0.717, 1.165) is 18.0 Å². The van der Waals surface area contributed by atoms with Crippen LogP contribution in [0, 0.1) is 5.92 Å². The highest BCUT2D eigenvalue weighted by Crippen LogP contribution is 2.23. The van der Waals surface area contributed by atoms with Gasteiger partial charge in [-0.05, 0) is 92.5 Å². The first-order chi connectivity index (χ1) is 9.97. The molecule has 3 nitrogen and oxygen atoms in total. The van der Waals surface area contributed by atoms with Crippen molar-refractivity contribution in [2.24, 2.45) is 5.92 Å². The van der Waals surface area contributed by atoms with E-state index in [2.05, 4.69) is 49.4 Å². The van der Waals surface area contributed by atoms with E-state index in [9.17, 15) is 0 Å². The quantitative estimate of drug-likeness (QED) is 0.772. The van der Waals surface area contributed by atoms with Crippen molar-refractivity contribution in [3.63, 3.8) is 0 Å². The highest BCUT2D eigenvalue weighted by Gasteiger charge is 2.27. The van der Waals surface area contributed by atoms with Crippen molar-refractivity contribution in [1.82, 2.24) is 14.7 Å². The molecule has 0 unspecified atom stereocenters. The maximum absolute atomic E-state index is 2.74. The van der Waals surface area contributed by atoms with Gasteiger partial charge in [-0.1, -0.05) is 0 Å². The van der Waals surface area contributed by atoms with Crippen LogP contribution in [0.4, 0.5) is 0 Å². The Labute approximate surface area is 132 Å². The fourth-order valence-electron chi connectivity index (χ4n) is 3.95. The molecule has 2 aliphatic heterocycles. The van der Waals surface area contributed by atoms with Gasteiger partial charge in [-0.15, -0.1) is 0 Å². The zero-order valence-corrected chi connectivity index (χ0v) is 15.0. The minimum absolute atomic E-state index is 0.682. The minimum atomic E-state index is 0.682. The molecular formula is C18H37N3. The molecule has 2 heterocycles. The van der Waals surface area contributed by atoms with Gasteiger partial charge in [0.25, 0.3) is 0 Å². The van der Waals surface area contributed by atoms with Crippen LogP contribution in [0.15, 0.2) is 0 Å². The first-order valence-electron chi connectivity index (χ1n) is 9.15. The first-order valence-corrected chi connectivity index (χ1v) is 9.15. The SMILES string of the molecule is CC(C)N1CCC(CN2CCC(N(C)C(C)C)CC2)CC1. The summed E-state index contributed by atoms with van der Waals surface area (Å²) in [5.74, 6) is 0.944. The molecule has 0 bridgehead atoms. The molecule has 3 heteroatoms. The summed E-state index contributed by atoms with van der Waals surface area (Å²) in [6.45, 7) is 15.9. The number of likely N-dealkylation sites (tertiary alicyclic amines) is 2. The number of hydrogen-bond donors (Lipinski definition) is 0. The lowest BCUT2D eigenvalue weighted by molar-refractivity contribution is 0.0792. The normalized spacial score (nSPS) is 24.6. The van der Waals surface area contributed by atoms with Gasteiger partial charge in [0.1, 0.15) is 0 Å². The lowest BCUT2D eigenvalue weighted by atomic mass is 9.94. The summed E-state index contributed by atoms with van der Waals surface area (Å²) < 4.78 is 0. The third-order valence-corrected chi connectivity index (χ3v) is 5.84. The fraction of sp³-hybridized carbons (Fsp3) is 1.00. The Morgan fingerprint density at radius 3 is 1.95 bits per heavy atom. The van der Waals surface area contributed by atoms with E-state index in [1.165, 1.54) is 58.4 Å². The maximum Gasteiger partial charge on any atom is 0.0119 e. The van der Waals surface area contributed by atoms with Gasteiger partial charge in [0.05, 0.1) is 0 Å². The number of nitrogens with zero attached hydrogens (tertiary/aromatic N) is 3. The van der Waals surface area contributed by atoms with E-state index in [-0.39, 0.29) is 0 Å². The van der Waals surface area contributed by atoms with Gasteiger partial charge in [0, 0.05) is 24.7 Å². The van der Waals surface area contributed by atoms with Crippen LogP contribution in [0.2, 0.25) is 0 Å². The zero-order valence-electron chi connectivity index (χ0n) is 15.0. The predicted molar refractivity (Wildman–Crippen MR) is 91.8 cm³/mol. The summed E-state index contributed by atoms with van der Waals surface area (Å²) in [5, 5.41) is 0. The second-order valence-electron chi connectivity index (χ2n) is 7.86. The molecule has 0 aromatic carbocycles. The summed E-state index contributed by atoms with van der Waals surface area (Å²) in [6.07, 6.45) is 5.53. The smallest absolute Gasteiger partial charge is 0.0119 e. The van der Waals surface area contributed by atoms with Crippen molar-refractivity contribution in [3.8, 4) is 0 Å². The minimum Gasteiger partial charge on any atom is -0.303 e. The molecule has 21 heavy (non-hydrogen) atoms. The van der Waals surface area contributed by atoms with E-state index in [1.54, 1.807) is 0 Å². The highest BCUT2D eigenvalue weighted by molar-refractivity contribution is 4.82. The first kappa shape index (κ1) is 17.2. The van der Waals surface area contributed by atoms with Gasteiger partial charge in [-0.25, -0.2) is 0 Å². The molecule has 0 N–H and O–H groups in total. The van der Waals surface area contributed by atoms with Crippen LogP contribution in [0.5, 0.6) is 0 Å². The Morgan fingerprint density at radius 2 is 1.48 bits per heavy atom. The van der Waals surface area contributed by atoms with E-state index >= 15 is 0 Å². The van der Waals surface area contributed by atoms with E-state index in [1.807, 2.05) is 0 Å². The summed E-state index contributed by atoms with van der Waals surface area (Å²) in [4.78, 5) is 7.94. The second-order valence-corrected chi connectivity index (χ2v) is 7.86. The van der Waals surface area contributed by atoms with Crippen molar-refractivity contribution < 1.29 is 0 Å². The van der Waals surface area contributed by atoms with Crippen LogP contribution in [0.25, 0.3) is 0 Å². The summed E-state index contributed by atoms with van der Waals surface area (Å²) in [5.41, 5.74) is 0. The van der Waals surface area contributed by atoms with Crippen molar-refractivity contribution in [2.45, 2.75) is 71.5 Å². The largest absolute Gasteiger partial charge is 0.303 e. The van der Waals surface area contributed by atoms with Crippen LogP contribution >= 0.6 is 0 Å². The lowest BCUT2D eigenvalue weighted by Gasteiger charge is -2.41. The maximum atomic E-state index is 2.74. The molecule has 0 aromatic heterocycles. The fourth-order valence-corrected chi connectivity index (χ4v) is 3.95. The van der Waals surface area contributed by atoms with Crippen LogP contribution in [0.3, 0.4) is 0 Å². The third-order valence-electron chi connectivity index (χ3n) is 5.84. The van der Waals surface area contributed by atoms with Gasteiger partial charge >= 0.3 is 0 Å². The molecular weight excluding hydrogens is 258 g/mol. The van der Waals surface area contributed by atoms with Crippen LogP contribution < -0.4 is 0 Å². The molecule has 0 spiro atoms. The lowest BCUT2D eigenvalue weighted by Crippen LogP contribution is -2.48. The third kappa shape index (κ3) is 4.94. The standard InChI is InChI=1S/C18H37N3/c1-15(2)19(5)18-8-10-20(11-9-18)14-17-6-12-21(13-7-17)16(3)4/h15-18H,6-14H2,1-5H3. The van der Waals surface area contributed by atoms with E-state index in [0.29, 0.717) is 6.04 Å². The number of hydrogen-bond acceptors (Lipinski definition) is 3. The van der Waals surface area contributed by atoms with Gasteiger partial charge in [0.2, 0.25) is 0 Å². The van der Waals surface area contributed by atoms with Crippen LogP contribution in [0.1, 0.15) is 53.4 Å². The molecule has 2 rings (SSSR count). The Hall–Kier alpha value is -0.120. The Kier molecular flexibility index (Phi) is 6.51. The summed E-state index contributed by atoms with van der Waals surface area (Å²) in [6, 6.07) is 2.22. The number of rotatable bonds is 5. The van der Waals surface area contributed by atoms with Gasteiger partial charge in [0.15, 0.2) is 0 Å². The Bertz CT molecular complexity index is 287. The van der Waals surface area contributed by atoms with E-state index < -0.39 is 0 Å². The van der Waals surface area contributed by atoms with Crippen molar-refractivity contribution in [2.75, 3.05) is 39.8 Å². The topological polar surface area (TPSA) is 9.72 Å². The van der Waals surface area contributed by atoms with Gasteiger partial charge in [-0.2, -0.15) is 0 Å². The molecule has 0 radical (unpaired) electrons. The average Bonchev–Trinajstić information content (AvgIpc) is 2.47. The molecule has 0 atom stereocenters. The summed E-state index contributed by atoms with van der Waals surface area (Å²) >= 11 is 0. The monoisotopic (exact) mass is 295 g/mol.